The number of fused-ring (bicyclic) bond motifs is 1. The highest BCUT2D eigenvalue weighted by Gasteiger charge is 2.18. The lowest BCUT2D eigenvalue weighted by Gasteiger charge is -2.33. The van der Waals surface area contributed by atoms with Crippen molar-refractivity contribution < 1.29 is 0 Å². The van der Waals surface area contributed by atoms with E-state index in [0.717, 1.165) is 6.54 Å². The first-order valence-corrected chi connectivity index (χ1v) is 5.33. The van der Waals surface area contributed by atoms with E-state index in [1.54, 1.807) is 0 Å². The highest BCUT2D eigenvalue weighted by atomic mass is 32.1. The SMILES string of the molecule is CC(S)N1CCCc2ccccc21. The van der Waals surface area contributed by atoms with Crippen LogP contribution >= 0.6 is 12.6 Å². The molecule has 0 aliphatic carbocycles. The van der Waals surface area contributed by atoms with Crippen LogP contribution in [0, 0.1) is 0 Å². The summed E-state index contributed by atoms with van der Waals surface area (Å²) in [5, 5.41) is 0.321. The van der Waals surface area contributed by atoms with E-state index >= 15 is 0 Å². The minimum atomic E-state index is 0.321. The second-order valence-corrected chi connectivity index (χ2v) is 4.30. The molecule has 0 saturated heterocycles. The average Bonchev–Trinajstić information content (AvgIpc) is 2.17. The molecule has 1 aliphatic heterocycles. The number of thiol groups is 1. The third kappa shape index (κ3) is 1.68. The largest absolute Gasteiger partial charge is 0.360 e. The van der Waals surface area contributed by atoms with Crippen LogP contribution in [-0.2, 0) is 6.42 Å². The lowest BCUT2D eigenvalue weighted by Crippen LogP contribution is -2.33. The molecule has 0 fully saturated rings. The molecule has 70 valence electrons. The minimum Gasteiger partial charge on any atom is -0.360 e. The maximum Gasteiger partial charge on any atom is 0.0693 e. The van der Waals surface area contributed by atoms with Crippen LogP contribution < -0.4 is 4.90 Å². The normalized spacial score (nSPS) is 18.2. The highest BCUT2D eigenvalue weighted by molar-refractivity contribution is 7.81. The van der Waals surface area contributed by atoms with Gasteiger partial charge < -0.3 is 4.90 Å². The van der Waals surface area contributed by atoms with Gasteiger partial charge in [0.2, 0.25) is 0 Å². The molecule has 1 atom stereocenters. The van der Waals surface area contributed by atoms with Gasteiger partial charge in [0.1, 0.15) is 0 Å². The minimum absolute atomic E-state index is 0.321. The fraction of sp³-hybridized carbons (Fsp3) is 0.455. The van der Waals surface area contributed by atoms with Gasteiger partial charge in [0.05, 0.1) is 5.37 Å². The monoisotopic (exact) mass is 193 g/mol. The zero-order valence-corrected chi connectivity index (χ0v) is 8.80. The molecule has 1 unspecified atom stereocenters. The second kappa shape index (κ2) is 3.62. The summed E-state index contributed by atoms with van der Waals surface area (Å²) in [6.45, 7) is 3.27. The topological polar surface area (TPSA) is 3.24 Å². The molecule has 0 radical (unpaired) electrons. The molecule has 0 bridgehead atoms. The molecule has 1 nitrogen and oxygen atoms in total. The number of anilines is 1. The van der Waals surface area contributed by atoms with Crippen LogP contribution in [0.15, 0.2) is 24.3 Å². The van der Waals surface area contributed by atoms with E-state index in [0.29, 0.717) is 5.37 Å². The van der Waals surface area contributed by atoms with Crippen LogP contribution in [0.2, 0.25) is 0 Å². The van der Waals surface area contributed by atoms with Gasteiger partial charge in [0, 0.05) is 12.2 Å². The highest BCUT2D eigenvalue weighted by Crippen LogP contribution is 2.28. The van der Waals surface area contributed by atoms with Gasteiger partial charge >= 0.3 is 0 Å². The Kier molecular flexibility index (Phi) is 2.49. The molecule has 0 N–H and O–H groups in total. The van der Waals surface area contributed by atoms with Gasteiger partial charge in [-0.1, -0.05) is 18.2 Å². The number of hydrogen-bond donors (Lipinski definition) is 1. The van der Waals surface area contributed by atoms with Gasteiger partial charge in [-0.3, -0.25) is 0 Å². The van der Waals surface area contributed by atoms with Crippen molar-refractivity contribution in [2.45, 2.75) is 25.1 Å². The molecular formula is C11H15NS. The van der Waals surface area contributed by atoms with Crippen molar-refractivity contribution in [3.63, 3.8) is 0 Å². The molecule has 2 heteroatoms. The molecular weight excluding hydrogens is 178 g/mol. The van der Waals surface area contributed by atoms with Gasteiger partial charge in [-0.15, -0.1) is 0 Å². The quantitative estimate of drug-likeness (QED) is 0.671. The fourth-order valence-electron chi connectivity index (χ4n) is 1.95. The maximum absolute atomic E-state index is 4.49. The Bertz CT molecular complexity index is 296. The summed E-state index contributed by atoms with van der Waals surface area (Å²) < 4.78 is 0. The van der Waals surface area contributed by atoms with E-state index in [9.17, 15) is 0 Å². The summed E-state index contributed by atoms with van der Waals surface area (Å²) in [6, 6.07) is 8.64. The van der Waals surface area contributed by atoms with Crippen LogP contribution in [0.25, 0.3) is 0 Å². The van der Waals surface area contributed by atoms with Crippen LogP contribution in [0.1, 0.15) is 18.9 Å². The van der Waals surface area contributed by atoms with Crippen LogP contribution in [0.5, 0.6) is 0 Å². The third-order valence-corrected chi connectivity index (χ3v) is 2.88. The van der Waals surface area contributed by atoms with Crippen molar-refractivity contribution in [3.8, 4) is 0 Å². The summed E-state index contributed by atoms with van der Waals surface area (Å²) in [5.74, 6) is 0. The van der Waals surface area contributed by atoms with Gasteiger partial charge in [-0.25, -0.2) is 0 Å². The lowest BCUT2D eigenvalue weighted by atomic mass is 10.0. The molecule has 0 amide bonds. The zero-order valence-electron chi connectivity index (χ0n) is 7.90. The summed E-state index contributed by atoms with van der Waals surface area (Å²) in [5.41, 5.74) is 2.84. The summed E-state index contributed by atoms with van der Waals surface area (Å²) in [6.07, 6.45) is 2.47. The van der Waals surface area contributed by atoms with E-state index in [-0.39, 0.29) is 0 Å². The molecule has 13 heavy (non-hydrogen) atoms. The molecule has 1 aromatic carbocycles. The molecule has 1 heterocycles. The molecule has 0 spiro atoms. The average molecular weight is 193 g/mol. The number of benzene rings is 1. The summed E-state index contributed by atoms with van der Waals surface area (Å²) in [7, 11) is 0. The Balaban J connectivity index is 2.37. The van der Waals surface area contributed by atoms with E-state index in [2.05, 4.69) is 48.7 Å². The first-order valence-electron chi connectivity index (χ1n) is 4.81. The first kappa shape index (κ1) is 8.95. The van der Waals surface area contributed by atoms with E-state index in [1.165, 1.54) is 24.1 Å². The van der Waals surface area contributed by atoms with Crippen molar-refractivity contribution in [2.24, 2.45) is 0 Å². The van der Waals surface area contributed by atoms with Crippen molar-refractivity contribution in [2.75, 3.05) is 11.4 Å². The van der Waals surface area contributed by atoms with Crippen LogP contribution in [-0.4, -0.2) is 11.9 Å². The van der Waals surface area contributed by atoms with Crippen molar-refractivity contribution in [1.29, 1.82) is 0 Å². The maximum atomic E-state index is 4.49. The summed E-state index contributed by atoms with van der Waals surface area (Å²) in [4.78, 5) is 2.36. The van der Waals surface area contributed by atoms with E-state index in [1.807, 2.05) is 0 Å². The fourth-order valence-corrected chi connectivity index (χ4v) is 2.19. The number of nitrogens with zero attached hydrogens (tertiary/aromatic N) is 1. The number of para-hydroxylation sites is 1. The van der Waals surface area contributed by atoms with Crippen LogP contribution in [0.3, 0.4) is 0 Å². The molecule has 0 saturated carbocycles. The van der Waals surface area contributed by atoms with E-state index < -0.39 is 0 Å². The molecule has 1 aliphatic rings. The lowest BCUT2D eigenvalue weighted by molar-refractivity contribution is 0.690. The first-order chi connectivity index (χ1) is 6.29. The molecule has 0 aromatic heterocycles. The smallest absolute Gasteiger partial charge is 0.0693 e. The standard InChI is InChI=1S/C11H15NS/c1-9(13)12-8-4-6-10-5-2-3-7-11(10)12/h2-3,5,7,9,13H,4,6,8H2,1H3. The molecule has 1 aromatic rings. The second-order valence-electron chi connectivity index (χ2n) is 3.56. The predicted octanol–water partition coefficient (Wildman–Crippen LogP) is 2.72. The van der Waals surface area contributed by atoms with Gasteiger partial charge in [0.15, 0.2) is 0 Å². The Morgan fingerprint density at radius 3 is 2.92 bits per heavy atom. The Morgan fingerprint density at radius 1 is 1.38 bits per heavy atom. The van der Waals surface area contributed by atoms with Crippen molar-refractivity contribution in [3.05, 3.63) is 29.8 Å². The number of hydrogen-bond acceptors (Lipinski definition) is 2. The predicted molar refractivity (Wildman–Crippen MR) is 60.6 cm³/mol. The Hall–Kier alpha value is -0.630. The van der Waals surface area contributed by atoms with Gasteiger partial charge in [-0.2, -0.15) is 12.6 Å². The van der Waals surface area contributed by atoms with Gasteiger partial charge in [0.25, 0.3) is 0 Å². The third-order valence-electron chi connectivity index (χ3n) is 2.60. The van der Waals surface area contributed by atoms with Crippen LogP contribution in [0.4, 0.5) is 5.69 Å². The molecule has 2 rings (SSSR count). The summed E-state index contributed by atoms with van der Waals surface area (Å²) >= 11 is 4.49. The Labute approximate surface area is 85.2 Å². The van der Waals surface area contributed by atoms with Crippen molar-refractivity contribution >= 4 is 18.3 Å². The Morgan fingerprint density at radius 2 is 2.15 bits per heavy atom. The zero-order chi connectivity index (χ0) is 9.26. The number of rotatable bonds is 1. The van der Waals surface area contributed by atoms with Gasteiger partial charge in [-0.05, 0) is 31.4 Å². The number of aryl methyl sites for hydroxylation is 1. The van der Waals surface area contributed by atoms with Crippen molar-refractivity contribution in [1.82, 2.24) is 0 Å². The van der Waals surface area contributed by atoms with E-state index in [4.69, 9.17) is 0 Å².